The van der Waals surface area contributed by atoms with E-state index >= 15 is 0 Å². The van der Waals surface area contributed by atoms with Crippen LogP contribution < -0.4 is 0 Å². The fourth-order valence-electron chi connectivity index (χ4n) is 4.76. The standard InChI is InChI=1S/C28H42N2O2/c1-19-12-22(26(32)23(13-19)27(3,4)5)17-30-11-9-10-29(18-30)16-21-14-20(2)25(31)24(15-21)28(6,7)8/h12-15,31-32H,9-11,16-18H2,1-8H3. The molecular weight excluding hydrogens is 396 g/mol. The van der Waals surface area contributed by atoms with Crippen molar-refractivity contribution in [3.05, 3.63) is 57.6 Å². The summed E-state index contributed by atoms with van der Waals surface area (Å²) in [6, 6.07) is 8.53. The first-order chi connectivity index (χ1) is 14.8. The highest BCUT2D eigenvalue weighted by molar-refractivity contribution is 5.47. The second kappa shape index (κ2) is 9.07. The Morgan fingerprint density at radius 1 is 0.750 bits per heavy atom. The zero-order chi connectivity index (χ0) is 23.8. The molecule has 2 aromatic carbocycles. The highest BCUT2D eigenvalue weighted by Gasteiger charge is 2.25. The molecule has 2 N–H and O–H groups in total. The number of aromatic hydroxyl groups is 2. The van der Waals surface area contributed by atoms with Gasteiger partial charge in [0.05, 0.1) is 6.67 Å². The second-order valence-corrected chi connectivity index (χ2v) is 11.7. The molecule has 0 radical (unpaired) electrons. The number of phenols is 2. The molecule has 1 aliphatic rings. The highest BCUT2D eigenvalue weighted by atomic mass is 16.3. The summed E-state index contributed by atoms with van der Waals surface area (Å²) in [5.74, 6) is 0.871. The van der Waals surface area contributed by atoms with Gasteiger partial charge in [0.15, 0.2) is 0 Å². The Morgan fingerprint density at radius 2 is 1.31 bits per heavy atom. The first-order valence-electron chi connectivity index (χ1n) is 11.9. The van der Waals surface area contributed by atoms with Crippen molar-refractivity contribution in [1.82, 2.24) is 9.80 Å². The second-order valence-electron chi connectivity index (χ2n) is 11.7. The molecule has 1 saturated heterocycles. The summed E-state index contributed by atoms with van der Waals surface area (Å²) in [6.07, 6.45) is 1.11. The van der Waals surface area contributed by atoms with Gasteiger partial charge in [0.25, 0.3) is 0 Å². The maximum Gasteiger partial charge on any atom is 0.123 e. The lowest BCUT2D eigenvalue weighted by atomic mass is 9.84. The zero-order valence-electron chi connectivity index (χ0n) is 21.3. The van der Waals surface area contributed by atoms with Gasteiger partial charge in [0.2, 0.25) is 0 Å². The maximum atomic E-state index is 11.0. The SMILES string of the molecule is Cc1cc(CN2CCCN(Cc3cc(C)c(O)c(C(C)(C)C)c3)C2)c(O)c(C(C)(C)C)c1. The molecule has 4 nitrogen and oxygen atoms in total. The van der Waals surface area contributed by atoms with E-state index < -0.39 is 0 Å². The van der Waals surface area contributed by atoms with Crippen LogP contribution in [-0.4, -0.2) is 39.8 Å². The zero-order valence-corrected chi connectivity index (χ0v) is 21.3. The molecule has 4 heteroatoms. The van der Waals surface area contributed by atoms with Crippen LogP contribution in [0.4, 0.5) is 0 Å². The summed E-state index contributed by atoms with van der Waals surface area (Å²) in [5, 5.41) is 21.5. The Hall–Kier alpha value is -2.04. The van der Waals surface area contributed by atoms with Gasteiger partial charge in [0, 0.05) is 31.7 Å². The Morgan fingerprint density at radius 3 is 1.91 bits per heavy atom. The van der Waals surface area contributed by atoms with Crippen molar-refractivity contribution in [3.8, 4) is 11.5 Å². The highest BCUT2D eigenvalue weighted by Crippen LogP contribution is 2.36. The molecule has 0 aliphatic carbocycles. The van der Waals surface area contributed by atoms with Crippen LogP contribution in [0, 0.1) is 13.8 Å². The Bertz CT molecular complexity index is 967. The van der Waals surface area contributed by atoms with E-state index in [0.29, 0.717) is 11.5 Å². The molecule has 32 heavy (non-hydrogen) atoms. The minimum atomic E-state index is -0.0910. The van der Waals surface area contributed by atoms with Gasteiger partial charge in [-0.05, 0) is 53.4 Å². The summed E-state index contributed by atoms with van der Waals surface area (Å²) in [4.78, 5) is 4.90. The number of benzene rings is 2. The fourth-order valence-corrected chi connectivity index (χ4v) is 4.76. The van der Waals surface area contributed by atoms with Crippen LogP contribution in [0.15, 0.2) is 24.3 Å². The van der Waals surface area contributed by atoms with Crippen LogP contribution in [0.1, 0.15) is 81.3 Å². The minimum Gasteiger partial charge on any atom is -0.507 e. The van der Waals surface area contributed by atoms with Crippen LogP contribution in [0.5, 0.6) is 11.5 Å². The van der Waals surface area contributed by atoms with Crippen LogP contribution in [0.25, 0.3) is 0 Å². The first-order valence-corrected chi connectivity index (χ1v) is 11.9. The summed E-state index contributed by atoms with van der Waals surface area (Å²) < 4.78 is 0. The largest absolute Gasteiger partial charge is 0.507 e. The molecule has 0 aromatic heterocycles. The van der Waals surface area contributed by atoms with E-state index in [9.17, 15) is 10.2 Å². The van der Waals surface area contributed by atoms with E-state index in [1.807, 2.05) is 6.92 Å². The van der Waals surface area contributed by atoms with Crippen molar-refractivity contribution in [2.75, 3.05) is 19.8 Å². The normalized spacial score (nSPS) is 16.5. The van der Waals surface area contributed by atoms with Crippen LogP contribution in [0.3, 0.4) is 0 Å². The van der Waals surface area contributed by atoms with Gasteiger partial charge in [-0.3, -0.25) is 9.80 Å². The topological polar surface area (TPSA) is 46.9 Å². The van der Waals surface area contributed by atoms with Crippen molar-refractivity contribution in [3.63, 3.8) is 0 Å². The molecule has 3 rings (SSSR count). The molecule has 1 aliphatic heterocycles. The van der Waals surface area contributed by atoms with Crippen molar-refractivity contribution < 1.29 is 10.2 Å². The molecule has 1 fully saturated rings. The van der Waals surface area contributed by atoms with Crippen LogP contribution in [-0.2, 0) is 23.9 Å². The first kappa shape index (κ1) is 24.6. The van der Waals surface area contributed by atoms with Crippen molar-refractivity contribution in [1.29, 1.82) is 0 Å². The number of rotatable bonds is 4. The van der Waals surface area contributed by atoms with E-state index in [0.717, 1.165) is 61.5 Å². The van der Waals surface area contributed by atoms with Gasteiger partial charge in [-0.25, -0.2) is 0 Å². The van der Waals surface area contributed by atoms with Crippen molar-refractivity contribution >= 4 is 0 Å². The predicted molar refractivity (Wildman–Crippen MR) is 133 cm³/mol. The predicted octanol–water partition coefficient (Wildman–Crippen LogP) is 5.98. The Kier molecular flexibility index (Phi) is 6.97. The van der Waals surface area contributed by atoms with Gasteiger partial charge in [-0.1, -0.05) is 71.4 Å². The third kappa shape index (κ3) is 5.65. The Labute approximate surface area is 194 Å². The fraction of sp³-hybridized carbons (Fsp3) is 0.571. The quantitative estimate of drug-likeness (QED) is 0.617. The van der Waals surface area contributed by atoms with Crippen molar-refractivity contribution in [2.45, 2.75) is 85.7 Å². The number of hydrogen-bond donors (Lipinski definition) is 2. The summed E-state index contributed by atoms with van der Waals surface area (Å²) in [7, 11) is 0. The van der Waals surface area contributed by atoms with Gasteiger partial charge < -0.3 is 10.2 Å². The lowest BCUT2D eigenvalue weighted by Gasteiger charge is -2.36. The smallest absolute Gasteiger partial charge is 0.123 e. The van der Waals surface area contributed by atoms with Gasteiger partial charge >= 0.3 is 0 Å². The number of phenolic OH excluding ortho intramolecular Hbond substituents is 2. The van der Waals surface area contributed by atoms with E-state index in [4.69, 9.17) is 0 Å². The van der Waals surface area contributed by atoms with E-state index in [-0.39, 0.29) is 10.8 Å². The van der Waals surface area contributed by atoms with Gasteiger partial charge in [-0.15, -0.1) is 0 Å². The number of aryl methyl sites for hydroxylation is 2. The Balaban J connectivity index is 1.76. The molecule has 0 atom stereocenters. The lowest BCUT2D eigenvalue weighted by Crippen LogP contribution is -2.43. The third-order valence-electron chi connectivity index (χ3n) is 6.46. The molecular formula is C28H42N2O2. The minimum absolute atomic E-state index is 0.0831. The van der Waals surface area contributed by atoms with Crippen LogP contribution >= 0.6 is 0 Å². The molecule has 0 saturated carbocycles. The molecule has 2 aromatic rings. The average molecular weight is 439 g/mol. The molecule has 0 spiro atoms. The van der Waals surface area contributed by atoms with E-state index in [2.05, 4.69) is 82.5 Å². The summed E-state index contributed by atoms with van der Waals surface area (Å²) in [5.41, 5.74) is 6.28. The van der Waals surface area contributed by atoms with Gasteiger partial charge in [0.1, 0.15) is 11.5 Å². The van der Waals surface area contributed by atoms with Gasteiger partial charge in [-0.2, -0.15) is 0 Å². The monoisotopic (exact) mass is 438 g/mol. The molecule has 0 bridgehead atoms. The number of hydrogen-bond acceptors (Lipinski definition) is 4. The molecule has 176 valence electrons. The summed E-state index contributed by atoms with van der Waals surface area (Å²) in [6.45, 7) is 21.6. The maximum absolute atomic E-state index is 11.0. The lowest BCUT2D eigenvalue weighted by molar-refractivity contribution is 0.0739. The van der Waals surface area contributed by atoms with E-state index in [1.165, 1.54) is 11.1 Å². The molecule has 0 amide bonds. The average Bonchev–Trinajstić information content (AvgIpc) is 2.65. The van der Waals surface area contributed by atoms with E-state index in [1.54, 1.807) is 0 Å². The molecule has 0 unspecified atom stereocenters. The molecule has 1 heterocycles. The van der Waals surface area contributed by atoms with Crippen molar-refractivity contribution in [2.24, 2.45) is 0 Å². The third-order valence-corrected chi connectivity index (χ3v) is 6.46. The number of nitrogens with zero attached hydrogens (tertiary/aromatic N) is 2. The van der Waals surface area contributed by atoms with Crippen LogP contribution in [0.2, 0.25) is 0 Å². The summed E-state index contributed by atoms with van der Waals surface area (Å²) >= 11 is 0.